The smallest absolute Gasteiger partial charge is 0.133 e. The zero-order valence-electron chi connectivity index (χ0n) is 11.4. The number of rotatable bonds is 5. The van der Waals surface area contributed by atoms with Crippen LogP contribution >= 0.6 is 27.5 Å². The molecule has 0 N–H and O–H groups in total. The number of nitrogens with zero attached hydrogens (tertiary/aromatic N) is 3. The highest BCUT2D eigenvalue weighted by Crippen LogP contribution is 2.33. The second kappa shape index (κ2) is 6.45. The first-order valence-corrected chi connectivity index (χ1v) is 7.22. The second-order valence-electron chi connectivity index (χ2n) is 4.26. The molecule has 1 atom stereocenters. The van der Waals surface area contributed by atoms with Crippen LogP contribution in [0.4, 0.5) is 0 Å². The van der Waals surface area contributed by atoms with Crippen LogP contribution in [-0.2, 0) is 6.54 Å². The first-order valence-electron chi connectivity index (χ1n) is 5.99. The van der Waals surface area contributed by atoms with Gasteiger partial charge in [0.15, 0.2) is 0 Å². The first-order chi connectivity index (χ1) is 9.55. The molecule has 0 bridgehead atoms. The molecule has 1 unspecified atom stereocenters. The Hall–Kier alpha value is -1.27. The molecule has 0 amide bonds. The van der Waals surface area contributed by atoms with Crippen molar-refractivity contribution in [2.24, 2.45) is 0 Å². The van der Waals surface area contributed by atoms with E-state index in [0.717, 1.165) is 27.2 Å². The van der Waals surface area contributed by atoms with E-state index in [1.807, 2.05) is 25.3 Å². The van der Waals surface area contributed by atoms with Crippen LogP contribution < -0.4 is 9.47 Å². The number of aromatic nitrogens is 3. The summed E-state index contributed by atoms with van der Waals surface area (Å²) >= 11 is 9.41. The Morgan fingerprint density at radius 1 is 1.30 bits per heavy atom. The number of hydrogen-bond donors (Lipinski definition) is 0. The summed E-state index contributed by atoms with van der Waals surface area (Å²) in [4.78, 5) is 0. The van der Waals surface area contributed by atoms with Gasteiger partial charge in [0.25, 0.3) is 0 Å². The lowest BCUT2D eigenvalue weighted by Gasteiger charge is -2.12. The predicted molar refractivity (Wildman–Crippen MR) is 80.6 cm³/mol. The highest BCUT2D eigenvalue weighted by Gasteiger charge is 2.12. The summed E-state index contributed by atoms with van der Waals surface area (Å²) in [6.07, 6.45) is 1.83. The summed E-state index contributed by atoms with van der Waals surface area (Å²) in [5.74, 6) is 1.50. The molecule has 0 aliphatic rings. The Labute approximate surface area is 131 Å². The topological polar surface area (TPSA) is 49.2 Å². The van der Waals surface area contributed by atoms with E-state index in [0.29, 0.717) is 6.54 Å². The molecule has 0 radical (unpaired) electrons. The fraction of sp³-hybridized carbons (Fsp3) is 0.385. The molecular weight excluding hydrogens is 346 g/mol. The molecule has 0 saturated heterocycles. The molecule has 0 aliphatic carbocycles. The SMILES string of the molecule is COc1cc(Cn2cc(C(C)Cl)nn2)c(OC)cc1Br. The summed E-state index contributed by atoms with van der Waals surface area (Å²) in [6.45, 7) is 2.39. The molecule has 7 heteroatoms. The molecule has 2 aromatic rings. The van der Waals surface area contributed by atoms with E-state index < -0.39 is 0 Å². The van der Waals surface area contributed by atoms with Crippen LogP contribution in [0.3, 0.4) is 0 Å². The van der Waals surface area contributed by atoms with E-state index in [9.17, 15) is 0 Å². The molecule has 0 saturated carbocycles. The second-order valence-corrected chi connectivity index (χ2v) is 5.76. The van der Waals surface area contributed by atoms with Crippen LogP contribution in [0.5, 0.6) is 11.5 Å². The average Bonchev–Trinajstić information content (AvgIpc) is 2.89. The molecule has 1 heterocycles. The highest BCUT2D eigenvalue weighted by atomic mass is 79.9. The van der Waals surface area contributed by atoms with Gasteiger partial charge in [-0.3, -0.25) is 0 Å². The van der Waals surface area contributed by atoms with Crippen molar-refractivity contribution in [3.05, 3.63) is 34.1 Å². The molecule has 108 valence electrons. The minimum atomic E-state index is -0.162. The van der Waals surface area contributed by atoms with E-state index in [2.05, 4.69) is 26.2 Å². The van der Waals surface area contributed by atoms with Gasteiger partial charge in [0.1, 0.15) is 17.2 Å². The molecular formula is C13H15BrClN3O2. The van der Waals surface area contributed by atoms with E-state index in [1.54, 1.807) is 18.9 Å². The van der Waals surface area contributed by atoms with Crippen molar-refractivity contribution in [1.29, 1.82) is 0 Å². The van der Waals surface area contributed by atoms with Gasteiger partial charge in [0.2, 0.25) is 0 Å². The number of benzene rings is 1. The Morgan fingerprint density at radius 3 is 2.55 bits per heavy atom. The van der Waals surface area contributed by atoms with E-state index in [1.165, 1.54) is 0 Å². The van der Waals surface area contributed by atoms with Crippen LogP contribution in [0.15, 0.2) is 22.8 Å². The van der Waals surface area contributed by atoms with Gasteiger partial charge in [-0.1, -0.05) is 5.21 Å². The molecule has 0 spiro atoms. The fourth-order valence-electron chi connectivity index (χ4n) is 1.79. The van der Waals surface area contributed by atoms with Crippen LogP contribution in [0.1, 0.15) is 23.6 Å². The standard InChI is InChI=1S/C13H15BrClN3O2/c1-8(15)11-7-18(17-16-11)6-9-4-13(20-3)10(14)5-12(9)19-2/h4-5,7-8H,6H2,1-3H3. The lowest BCUT2D eigenvalue weighted by Crippen LogP contribution is -2.03. The summed E-state index contributed by atoms with van der Waals surface area (Å²) in [6, 6.07) is 3.78. The number of ether oxygens (including phenoxy) is 2. The molecule has 1 aromatic heterocycles. The Morgan fingerprint density at radius 2 is 2.00 bits per heavy atom. The number of halogens is 2. The van der Waals surface area contributed by atoms with Gasteiger partial charge in [0.05, 0.1) is 36.8 Å². The van der Waals surface area contributed by atoms with Crippen molar-refractivity contribution in [3.63, 3.8) is 0 Å². The van der Waals surface area contributed by atoms with Crippen LogP contribution in [-0.4, -0.2) is 29.2 Å². The lowest BCUT2D eigenvalue weighted by molar-refractivity contribution is 0.394. The van der Waals surface area contributed by atoms with Gasteiger partial charge in [-0.2, -0.15) is 0 Å². The van der Waals surface area contributed by atoms with E-state index in [-0.39, 0.29) is 5.38 Å². The highest BCUT2D eigenvalue weighted by molar-refractivity contribution is 9.10. The zero-order chi connectivity index (χ0) is 14.7. The maximum Gasteiger partial charge on any atom is 0.133 e. The fourth-order valence-corrected chi connectivity index (χ4v) is 2.38. The third-order valence-corrected chi connectivity index (χ3v) is 3.69. The Balaban J connectivity index is 2.31. The van der Waals surface area contributed by atoms with Gasteiger partial charge in [-0.15, -0.1) is 16.7 Å². The predicted octanol–water partition coefficient (Wildman–Crippen LogP) is 3.41. The zero-order valence-corrected chi connectivity index (χ0v) is 13.8. The van der Waals surface area contributed by atoms with Crippen molar-refractivity contribution < 1.29 is 9.47 Å². The number of methoxy groups -OCH3 is 2. The molecule has 5 nitrogen and oxygen atoms in total. The Kier molecular flexibility index (Phi) is 4.88. The maximum atomic E-state index is 5.98. The van der Waals surface area contributed by atoms with Gasteiger partial charge < -0.3 is 9.47 Å². The first kappa shape index (κ1) is 15.1. The van der Waals surface area contributed by atoms with Crippen molar-refractivity contribution >= 4 is 27.5 Å². The maximum absolute atomic E-state index is 5.98. The molecule has 20 heavy (non-hydrogen) atoms. The average molecular weight is 361 g/mol. The van der Waals surface area contributed by atoms with Gasteiger partial charge in [0, 0.05) is 5.56 Å². The molecule has 0 aliphatic heterocycles. The third-order valence-electron chi connectivity index (χ3n) is 2.85. The van der Waals surface area contributed by atoms with E-state index >= 15 is 0 Å². The minimum Gasteiger partial charge on any atom is -0.496 e. The normalized spacial score (nSPS) is 12.2. The Bertz CT molecular complexity index is 601. The van der Waals surface area contributed by atoms with Crippen LogP contribution in [0, 0.1) is 0 Å². The number of alkyl halides is 1. The van der Waals surface area contributed by atoms with Crippen molar-refractivity contribution in [2.75, 3.05) is 14.2 Å². The van der Waals surface area contributed by atoms with Crippen LogP contribution in [0.25, 0.3) is 0 Å². The summed E-state index contributed by atoms with van der Waals surface area (Å²) in [5.41, 5.74) is 1.70. The quantitative estimate of drug-likeness (QED) is 0.767. The van der Waals surface area contributed by atoms with Gasteiger partial charge in [-0.05, 0) is 35.0 Å². The van der Waals surface area contributed by atoms with E-state index in [4.69, 9.17) is 21.1 Å². The third kappa shape index (κ3) is 3.24. The largest absolute Gasteiger partial charge is 0.496 e. The number of hydrogen-bond acceptors (Lipinski definition) is 4. The van der Waals surface area contributed by atoms with Crippen molar-refractivity contribution in [3.8, 4) is 11.5 Å². The summed E-state index contributed by atoms with van der Waals surface area (Å²) in [7, 11) is 3.25. The van der Waals surface area contributed by atoms with Gasteiger partial charge >= 0.3 is 0 Å². The van der Waals surface area contributed by atoms with Crippen LogP contribution in [0.2, 0.25) is 0 Å². The minimum absolute atomic E-state index is 0.162. The monoisotopic (exact) mass is 359 g/mol. The molecule has 2 rings (SSSR count). The van der Waals surface area contributed by atoms with Gasteiger partial charge in [-0.25, -0.2) is 4.68 Å². The van der Waals surface area contributed by atoms with Crippen molar-refractivity contribution in [2.45, 2.75) is 18.8 Å². The molecule has 0 fully saturated rings. The van der Waals surface area contributed by atoms with Crippen molar-refractivity contribution in [1.82, 2.24) is 15.0 Å². The summed E-state index contributed by atoms with van der Waals surface area (Å²) < 4.78 is 13.2. The molecule has 1 aromatic carbocycles. The summed E-state index contributed by atoms with van der Waals surface area (Å²) in [5, 5.41) is 7.93. The lowest BCUT2D eigenvalue weighted by atomic mass is 10.2.